The second kappa shape index (κ2) is 7.53. The van der Waals surface area contributed by atoms with Crippen LogP contribution in [-0.4, -0.2) is 52.1 Å². The highest BCUT2D eigenvalue weighted by Gasteiger charge is 2.32. The van der Waals surface area contributed by atoms with Crippen LogP contribution in [0.2, 0.25) is 0 Å². The molecular weight excluding hydrogens is 354 g/mol. The molecule has 148 valence electrons. The lowest BCUT2D eigenvalue weighted by atomic mass is 9.95. The molecule has 0 atom stereocenters. The molecule has 0 aromatic carbocycles. The lowest BCUT2D eigenvalue weighted by Crippen LogP contribution is -2.39. The van der Waals surface area contributed by atoms with Gasteiger partial charge in [-0.2, -0.15) is 4.98 Å². The largest absolute Gasteiger partial charge is 0.356 e. The normalized spacial score (nSPS) is 21.1. The highest BCUT2D eigenvalue weighted by atomic mass is 16.5. The maximum Gasteiger partial charge on any atom is 0.257 e. The van der Waals surface area contributed by atoms with E-state index in [1.54, 1.807) is 6.20 Å². The van der Waals surface area contributed by atoms with Crippen molar-refractivity contribution >= 4 is 11.7 Å². The molecule has 0 spiro atoms. The SMILES string of the molecule is O=C(c1cccnc1N1CCC(c2noc(C3CC3)n2)CC1)N1CCCCC1. The second-order valence-electron chi connectivity index (χ2n) is 8.25. The van der Waals surface area contributed by atoms with Crippen molar-refractivity contribution in [1.29, 1.82) is 0 Å². The molecule has 5 rings (SSSR count). The Labute approximate surface area is 165 Å². The quantitative estimate of drug-likeness (QED) is 0.808. The summed E-state index contributed by atoms with van der Waals surface area (Å²) in [5.41, 5.74) is 0.735. The number of amides is 1. The highest BCUT2D eigenvalue weighted by Crippen LogP contribution is 2.40. The van der Waals surface area contributed by atoms with Gasteiger partial charge in [-0.3, -0.25) is 4.79 Å². The first kappa shape index (κ1) is 17.6. The summed E-state index contributed by atoms with van der Waals surface area (Å²) in [5, 5.41) is 4.22. The van der Waals surface area contributed by atoms with E-state index < -0.39 is 0 Å². The van der Waals surface area contributed by atoms with Crippen molar-refractivity contribution in [2.24, 2.45) is 0 Å². The van der Waals surface area contributed by atoms with E-state index in [1.807, 2.05) is 17.0 Å². The molecule has 3 fully saturated rings. The zero-order valence-corrected chi connectivity index (χ0v) is 16.2. The summed E-state index contributed by atoms with van der Waals surface area (Å²) < 4.78 is 5.43. The number of pyridine rings is 1. The first-order chi connectivity index (χ1) is 13.8. The summed E-state index contributed by atoms with van der Waals surface area (Å²) >= 11 is 0. The van der Waals surface area contributed by atoms with Gasteiger partial charge in [-0.05, 0) is 57.1 Å². The van der Waals surface area contributed by atoms with Gasteiger partial charge in [0.25, 0.3) is 5.91 Å². The summed E-state index contributed by atoms with van der Waals surface area (Å²) in [5.74, 6) is 3.44. The van der Waals surface area contributed by atoms with Gasteiger partial charge in [0, 0.05) is 44.2 Å². The zero-order valence-electron chi connectivity index (χ0n) is 16.2. The van der Waals surface area contributed by atoms with Crippen molar-refractivity contribution in [3.05, 3.63) is 35.6 Å². The van der Waals surface area contributed by atoms with E-state index in [0.717, 1.165) is 75.0 Å². The van der Waals surface area contributed by atoms with Crippen molar-refractivity contribution in [2.75, 3.05) is 31.1 Å². The van der Waals surface area contributed by atoms with Crippen LogP contribution in [0.15, 0.2) is 22.9 Å². The van der Waals surface area contributed by atoms with E-state index in [-0.39, 0.29) is 5.91 Å². The highest BCUT2D eigenvalue weighted by molar-refractivity contribution is 5.99. The Balaban J connectivity index is 1.27. The third-order valence-corrected chi connectivity index (χ3v) is 6.20. The summed E-state index contributed by atoms with van der Waals surface area (Å²) in [6.07, 6.45) is 9.46. The molecule has 0 radical (unpaired) electrons. The van der Waals surface area contributed by atoms with Gasteiger partial charge in [-0.1, -0.05) is 5.16 Å². The Kier molecular flexibility index (Phi) is 4.74. The number of aromatic nitrogens is 3. The topological polar surface area (TPSA) is 75.4 Å². The van der Waals surface area contributed by atoms with E-state index >= 15 is 0 Å². The molecule has 4 heterocycles. The molecule has 1 aliphatic carbocycles. The van der Waals surface area contributed by atoms with Gasteiger partial charge in [0.2, 0.25) is 5.89 Å². The van der Waals surface area contributed by atoms with E-state index in [2.05, 4.69) is 20.0 Å². The van der Waals surface area contributed by atoms with Crippen molar-refractivity contribution in [3.63, 3.8) is 0 Å². The number of anilines is 1. The molecule has 1 amide bonds. The summed E-state index contributed by atoms with van der Waals surface area (Å²) in [4.78, 5) is 26.5. The monoisotopic (exact) mass is 381 g/mol. The molecule has 0 unspecified atom stereocenters. The summed E-state index contributed by atoms with van der Waals surface area (Å²) in [7, 11) is 0. The Morgan fingerprint density at radius 2 is 1.79 bits per heavy atom. The van der Waals surface area contributed by atoms with Crippen LogP contribution in [0.4, 0.5) is 5.82 Å². The maximum absolute atomic E-state index is 13.0. The van der Waals surface area contributed by atoms with Crippen molar-refractivity contribution in [2.45, 2.75) is 56.8 Å². The fraction of sp³-hybridized carbons (Fsp3) is 0.619. The minimum Gasteiger partial charge on any atom is -0.356 e. The molecule has 2 saturated heterocycles. The molecule has 1 saturated carbocycles. The number of carbonyl (C=O) groups excluding carboxylic acids is 1. The van der Waals surface area contributed by atoms with Crippen molar-refractivity contribution in [3.8, 4) is 0 Å². The van der Waals surface area contributed by atoms with Gasteiger partial charge in [0.05, 0.1) is 5.56 Å². The molecule has 7 heteroatoms. The van der Waals surface area contributed by atoms with Gasteiger partial charge >= 0.3 is 0 Å². The molecule has 0 bridgehead atoms. The third-order valence-electron chi connectivity index (χ3n) is 6.20. The molecule has 7 nitrogen and oxygen atoms in total. The first-order valence-corrected chi connectivity index (χ1v) is 10.6. The van der Waals surface area contributed by atoms with Gasteiger partial charge < -0.3 is 14.3 Å². The van der Waals surface area contributed by atoms with Gasteiger partial charge in [-0.15, -0.1) is 0 Å². The minimum atomic E-state index is 0.122. The van der Waals surface area contributed by atoms with Crippen LogP contribution in [0.5, 0.6) is 0 Å². The number of hydrogen-bond donors (Lipinski definition) is 0. The predicted octanol–water partition coefficient (Wildman–Crippen LogP) is 3.35. The van der Waals surface area contributed by atoms with Crippen LogP contribution in [-0.2, 0) is 0 Å². The molecule has 2 aromatic heterocycles. The third kappa shape index (κ3) is 3.50. The Morgan fingerprint density at radius 1 is 1.00 bits per heavy atom. The Hall–Kier alpha value is -2.44. The van der Waals surface area contributed by atoms with E-state index in [9.17, 15) is 4.79 Å². The van der Waals surface area contributed by atoms with Crippen LogP contribution in [0.1, 0.15) is 78.9 Å². The number of hydrogen-bond acceptors (Lipinski definition) is 6. The zero-order chi connectivity index (χ0) is 18.9. The number of rotatable bonds is 4. The van der Waals surface area contributed by atoms with E-state index in [4.69, 9.17) is 4.52 Å². The molecule has 3 aliphatic rings. The van der Waals surface area contributed by atoms with Crippen LogP contribution in [0.3, 0.4) is 0 Å². The average Bonchev–Trinajstić information content (AvgIpc) is 3.50. The molecular formula is C21H27N5O2. The number of piperidine rings is 2. The van der Waals surface area contributed by atoms with Gasteiger partial charge in [-0.25, -0.2) is 4.98 Å². The Morgan fingerprint density at radius 3 is 2.54 bits per heavy atom. The lowest BCUT2D eigenvalue weighted by Gasteiger charge is -2.33. The number of carbonyl (C=O) groups is 1. The number of nitrogens with zero attached hydrogens (tertiary/aromatic N) is 5. The lowest BCUT2D eigenvalue weighted by molar-refractivity contribution is 0.0724. The standard InChI is InChI=1S/C21H27N5O2/c27-21(26-11-2-1-3-12-26)17-5-4-10-22-19(17)25-13-8-15(9-14-25)18-23-20(28-24-18)16-6-7-16/h4-5,10,15-16H,1-3,6-9,11-14H2. The molecule has 0 N–H and O–H groups in total. The molecule has 28 heavy (non-hydrogen) atoms. The first-order valence-electron chi connectivity index (χ1n) is 10.6. The van der Waals surface area contributed by atoms with Crippen LogP contribution in [0, 0.1) is 0 Å². The summed E-state index contributed by atoms with van der Waals surface area (Å²) in [6.45, 7) is 3.43. The van der Waals surface area contributed by atoms with Gasteiger partial charge in [0.15, 0.2) is 5.82 Å². The maximum atomic E-state index is 13.0. The Bertz CT molecular complexity index is 833. The number of likely N-dealkylation sites (tertiary alicyclic amines) is 1. The van der Waals surface area contributed by atoms with Crippen molar-refractivity contribution < 1.29 is 9.32 Å². The van der Waals surface area contributed by atoms with E-state index in [0.29, 0.717) is 11.8 Å². The van der Waals surface area contributed by atoms with Crippen LogP contribution < -0.4 is 4.90 Å². The average molecular weight is 381 g/mol. The predicted molar refractivity (Wildman–Crippen MR) is 104 cm³/mol. The van der Waals surface area contributed by atoms with E-state index in [1.165, 1.54) is 19.3 Å². The fourth-order valence-corrected chi connectivity index (χ4v) is 4.34. The summed E-state index contributed by atoms with van der Waals surface area (Å²) in [6, 6.07) is 3.79. The van der Waals surface area contributed by atoms with Crippen LogP contribution in [0.25, 0.3) is 0 Å². The van der Waals surface area contributed by atoms with Crippen molar-refractivity contribution in [1.82, 2.24) is 20.0 Å². The fourth-order valence-electron chi connectivity index (χ4n) is 4.34. The molecule has 2 aliphatic heterocycles. The second-order valence-corrected chi connectivity index (χ2v) is 8.25. The smallest absolute Gasteiger partial charge is 0.257 e. The minimum absolute atomic E-state index is 0.122. The molecule has 2 aromatic rings. The van der Waals surface area contributed by atoms with Gasteiger partial charge in [0.1, 0.15) is 5.82 Å². The van der Waals surface area contributed by atoms with Crippen LogP contribution >= 0.6 is 0 Å².